The minimum atomic E-state index is -0.614. The molecule has 0 saturated heterocycles. The van der Waals surface area contributed by atoms with Gasteiger partial charge in [-0.25, -0.2) is 10.2 Å². The monoisotopic (exact) mass is 387 g/mol. The van der Waals surface area contributed by atoms with Crippen LogP contribution in [0.2, 0.25) is 0 Å². The molecule has 0 radical (unpaired) electrons. The minimum absolute atomic E-state index is 0.418. The summed E-state index contributed by atoms with van der Waals surface area (Å²) in [6.45, 7) is 16.2. The van der Waals surface area contributed by atoms with Crippen LogP contribution < -0.4 is 11.2 Å². The van der Waals surface area contributed by atoms with E-state index in [-0.39, 0.29) is 0 Å². The second-order valence-electron chi connectivity index (χ2n) is 10.1. The molecule has 0 aromatic carbocycles. The van der Waals surface area contributed by atoms with Crippen LogP contribution >= 0.6 is 0 Å². The molecule has 2 amide bonds. The predicted molar refractivity (Wildman–Crippen MR) is 119 cm³/mol. The molecule has 4 nitrogen and oxygen atoms in total. The number of nitrogens with one attached hydrogen (secondary N) is 1. The molecule has 2 aliphatic carbocycles. The summed E-state index contributed by atoms with van der Waals surface area (Å²) < 4.78 is 0. The molecule has 2 fully saturated rings. The normalized spacial score (nSPS) is 30.7. The molecule has 3 atom stereocenters. The van der Waals surface area contributed by atoms with E-state index < -0.39 is 6.03 Å². The molecule has 0 bridgehead atoms. The van der Waals surface area contributed by atoms with Gasteiger partial charge in [-0.05, 0) is 87.9 Å². The van der Waals surface area contributed by atoms with Gasteiger partial charge in [0.05, 0.1) is 0 Å². The number of rotatable bonds is 7. The second-order valence-corrected chi connectivity index (χ2v) is 10.1. The Balaban J connectivity index is 1.93. The lowest BCUT2D eigenvalue weighted by atomic mass is 9.47. The van der Waals surface area contributed by atoms with Crippen molar-refractivity contribution >= 4 is 11.7 Å². The summed E-state index contributed by atoms with van der Waals surface area (Å²) >= 11 is 0. The average molecular weight is 388 g/mol. The molecule has 4 heteroatoms. The van der Waals surface area contributed by atoms with Crippen molar-refractivity contribution in [2.24, 2.45) is 33.5 Å². The molecule has 0 heterocycles. The maximum atomic E-state index is 10.7. The van der Waals surface area contributed by atoms with E-state index in [1.54, 1.807) is 0 Å². The third-order valence-electron chi connectivity index (χ3n) is 7.50. The third-order valence-corrected chi connectivity index (χ3v) is 7.50. The van der Waals surface area contributed by atoms with Crippen molar-refractivity contribution in [2.75, 3.05) is 0 Å². The van der Waals surface area contributed by atoms with Gasteiger partial charge in [0, 0.05) is 5.71 Å². The zero-order valence-electron chi connectivity index (χ0n) is 18.7. The SMILES string of the molecule is C=C1CC[C@@H]2C(C)(C)CCC[C@@]2(C)[C@@H]1CC/C(C)=C\CC/C(C)=N\NC(N)=O. The van der Waals surface area contributed by atoms with Crippen LogP contribution in [0.5, 0.6) is 0 Å². The van der Waals surface area contributed by atoms with E-state index in [9.17, 15) is 4.79 Å². The van der Waals surface area contributed by atoms with E-state index in [1.165, 1.54) is 49.7 Å². The van der Waals surface area contributed by atoms with E-state index in [4.69, 9.17) is 5.73 Å². The number of fused-ring (bicyclic) bond motifs is 1. The van der Waals surface area contributed by atoms with E-state index in [0.29, 0.717) is 16.7 Å². The number of nitrogens with zero attached hydrogens (tertiary/aromatic N) is 1. The van der Waals surface area contributed by atoms with Crippen LogP contribution in [0.15, 0.2) is 28.9 Å². The number of carbonyl (C=O) groups excluding carboxylic acids is 1. The fraction of sp³-hybridized carbons (Fsp3) is 0.750. The molecule has 0 spiro atoms. The van der Waals surface area contributed by atoms with E-state index in [2.05, 4.69) is 50.9 Å². The Morgan fingerprint density at radius 3 is 2.68 bits per heavy atom. The summed E-state index contributed by atoms with van der Waals surface area (Å²) in [5, 5.41) is 3.97. The van der Waals surface area contributed by atoms with Crippen LogP contribution in [-0.4, -0.2) is 11.7 Å². The van der Waals surface area contributed by atoms with E-state index >= 15 is 0 Å². The van der Waals surface area contributed by atoms with Crippen LogP contribution in [0.3, 0.4) is 0 Å². The van der Waals surface area contributed by atoms with Crippen molar-refractivity contribution in [1.29, 1.82) is 0 Å². The van der Waals surface area contributed by atoms with Gasteiger partial charge in [-0.2, -0.15) is 5.10 Å². The lowest BCUT2D eigenvalue weighted by Gasteiger charge is -2.58. The molecule has 0 aliphatic heterocycles. The highest BCUT2D eigenvalue weighted by Gasteiger charge is 2.52. The maximum Gasteiger partial charge on any atom is 0.332 e. The Hall–Kier alpha value is -1.58. The lowest BCUT2D eigenvalue weighted by molar-refractivity contribution is -0.0539. The summed E-state index contributed by atoms with van der Waals surface area (Å²) in [5.41, 5.74) is 12.0. The predicted octanol–water partition coefficient (Wildman–Crippen LogP) is 6.34. The number of primary amides is 1. The summed E-state index contributed by atoms with van der Waals surface area (Å²) in [6, 6.07) is -0.614. The molecule has 3 N–H and O–H groups in total. The fourth-order valence-electron chi connectivity index (χ4n) is 6.02. The molecular formula is C24H41N3O. The van der Waals surface area contributed by atoms with Crippen molar-refractivity contribution in [3.8, 4) is 0 Å². The number of nitrogens with two attached hydrogens (primary N) is 1. The first-order valence-electron chi connectivity index (χ1n) is 11.0. The first kappa shape index (κ1) is 22.7. The summed E-state index contributed by atoms with van der Waals surface area (Å²) in [4.78, 5) is 10.7. The van der Waals surface area contributed by atoms with Crippen molar-refractivity contribution in [3.63, 3.8) is 0 Å². The van der Waals surface area contributed by atoms with Crippen molar-refractivity contribution in [1.82, 2.24) is 5.43 Å². The molecule has 0 aromatic heterocycles. The van der Waals surface area contributed by atoms with Crippen LogP contribution in [0.25, 0.3) is 0 Å². The van der Waals surface area contributed by atoms with Crippen LogP contribution in [-0.2, 0) is 0 Å². The fourth-order valence-corrected chi connectivity index (χ4v) is 6.02. The van der Waals surface area contributed by atoms with Crippen molar-refractivity contribution in [3.05, 3.63) is 23.8 Å². The Morgan fingerprint density at radius 2 is 2.00 bits per heavy atom. The Bertz CT molecular complexity index is 646. The molecule has 2 saturated carbocycles. The maximum absolute atomic E-state index is 10.7. The van der Waals surface area contributed by atoms with Gasteiger partial charge < -0.3 is 5.73 Å². The quantitative estimate of drug-likeness (QED) is 0.299. The summed E-state index contributed by atoms with van der Waals surface area (Å²) in [6.07, 6.45) is 13.1. The first-order chi connectivity index (χ1) is 13.1. The Labute approximate surface area is 172 Å². The molecule has 2 rings (SSSR count). The van der Waals surface area contributed by atoms with Gasteiger partial charge in [-0.3, -0.25) is 0 Å². The van der Waals surface area contributed by atoms with Gasteiger partial charge in [0.1, 0.15) is 0 Å². The standard InChI is InChI=1S/C24H41N3O/c1-17(9-7-10-19(3)26-27-22(25)28)11-13-20-18(2)12-14-21-23(4,5)15-8-16-24(20,21)6/h9,20-21H,2,7-8,10-16H2,1,3-6H3,(H3,25,27,28)/b17-9-,26-19-/t20-,21-,24+/m1/s1. The molecular weight excluding hydrogens is 346 g/mol. The van der Waals surface area contributed by atoms with Crippen molar-refractivity contribution < 1.29 is 4.79 Å². The molecule has 2 aliphatic rings. The highest BCUT2D eigenvalue weighted by Crippen LogP contribution is 2.61. The largest absolute Gasteiger partial charge is 0.350 e. The Kier molecular flexibility index (Phi) is 7.52. The zero-order valence-corrected chi connectivity index (χ0v) is 18.7. The zero-order chi connectivity index (χ0) is 20.9. The molecule has 158 valence electrons. The van der Waals surface area contributed by atoms with Gasteiger partial charge in [-0.15, -0.1) is 0 Å². The third kappa shape index (κ3) is 5.48. The van der Waals surface area contributed by atoms with Crippen LogP contribution in [0, 0.1) is 22.7 Å². The Morgan fingerprint density at radius 1 is 1.29 bits per heavy atom. The summed E-state index contributed by atoms with van der Waals surface area (Å²) in [7, 11) is 0. The number of allylic oxidation sites excluding steroid dienone is 3. The second kappa shape index (κ2) is 9.28. The number of hydrogen-bond donors (Lipinski definition) is 2. The van der Waals surface area contributed by atoms with E-state index in [1.807, 2.05) is 6.92 Å². The number of amides is 2. The van der Waals surface area contributed by atoms with Crippen LogP contribution in [0.1, 0.15) is 92.4 Å². The molecule has 0 aromatic rings. The minimum Gasteiger partial charge on any atom is -0.350 e. The lowest BCUT2D eigenvalue weighted by Crippen LogP contribution is -2.49. The molecule has 0 unspecified atom stereocenters. The number of carbonyl (C=O) groups is 1. The van der Waals surface area contributed by atoms with E-state index in [0.717, 1.165) is 30.9 Å². The topological polar surface area (TPSA) is 67.5 Å². The van der Waals surface area contributed by atoms with Gasteiger partial charge >= 0.3 is 6.03 Å². The van der Waals surface area contributed by atoms with Gasteiger partial charge in [0.25, 0.3) is 0 Å². The van der Waals surface area contributed by atoms with Crippen molar-refractivity contribution in [2.45, 2.75) is 92.4 Å². The smallest absolute Gasteiger partial charge is 0.332 e. The number of urea groups is 1. The highest BCUT2D eigenvalue weighted by atomic mass is 16.2. The highest BCUT2D eigenvalue weighted by molar-refractivity contribution is 5.83. The number of hydrogen-bond acceptors (Lipinski definition) is 2. The van der Waals surface area contributed by atoms with Gasteiger partial charge in [-0.1, -0.05) is 51.0 Å². The first-order valence-corrected chi connectivity index (χ1v) is 11.0. The van der Waals surface area contributed by atoms with Crippen LogP contribution in [0.4, 0.5) is 4.79 Å². The van der Waals surface area contributed by atoms with Gasteiger partial charge in [0.15, 0.2) is 0 Å². The average Bonchev–Trinajstić information content (AvgIpc) is 2.58. The summed E-state index contributed by atoms with van der Waals surface area (Å²) in [5.74, 6) is 1.47. The number of hydrazone groups is 1. The molecule has 28 heavy (non-hydrogen) atoms. The van der Waals surface area contributed by atoms with Gasteiger partial charge in [0.2, 0.25) is 0 Å².